The number of hydrogen-bond donors (Lipinski definition) is 0. The number of allylic oxidation sites excluding steroid dienone is 9. The highest BCUT2D eigenvalue weighted by molar-refractivity contribution is 6.81. The normalized spacial score (nSPS) is 36.6. The van der Waals surface area contributed by atoms with Crippen LogP contribution in [0.2, 0.25) is 23.7 Å². The van der Waals surface area contributed by atoms with Gasteiger partial charge in [0.1, 0.15) is 5.82 Å². The molecular weight excluding hydrogens is 594 g/mol. The lowest BCUT2D eigenvalue weighted by Gasteiger charge is -2.48. The number of ether oxygens (including phenoxy) is 1. The molecule has 1 aliphatic heterocycles. The third-order valence-corrected chi connectivity index (χ3v) is 19.2. The van der Waals surface area contributed by atoms with Gasteiger partial charge in [-0.15, -0.1) is 0 Å². The second-order valence-electron chi connectivity index (χ2n) is 16.9. The Bertz CT molecular complexity index is 1460. The van der Waals surface area contributed by atoms with Crippen LogP contribution >= 0.6 is 0 Å². The van der Waals surface area contributed by atoms with E-state index in [0.717, 1.165) is 35.6 Å². The van der Waals surface area contributed by atoms with Crippen molar-refractivity contribution >= 4 is 8.07 Å². The quantitative estimate of drug-likeness (QED) is 0.174. The fourth-order valence-corrected chi connectivity index (χ4v) is 18.0. The third-order valence-electron chi connectivity index (χ3n) is 13.1. The van der Waals surface area contributed by atoms with Crippen molar-refractivity contribution in [2.24, 2.45) is 35.5 Å². The molecule has 3 fully saturated rings. The Labute approximate surface area is 285 Å². The van der Waals surface area contributed by atoms with Gasteiger partial charge in [0.25, 0.3) is 0 Å². The fraction of sp³-hybridized carbons (Fsp3) is 0.581. The monoisotopic (exact) mass is 651 g/mol. The van der Waals surface area contributed by atoms with Crippen molar-refractivity contribution in [3.05, 3.63) is 108 Å². The zero-order valence-corrected chi connectivity index (χ0v) is 30.5. The minimum atomic E-state index is -1.87. The maximum Gasteiger partial charge on any atom is 0.127 e. The third kappa shape index (κ3) is 6.44. The largest absolute Gasteiger partial charge is 0.376 e. The predicted octanol–water partition coefficient (Wildman–Crippen LogP) is 10.8. The highest BCUT2D eigenvalue weighted by Gasteiger charge is 2.66. The zero-order valence-electron chi connectivity index (χ0n) is 29.5. The van der Waals surface area contributed by atoms with Crippen molar-refractivity contribution in [2.45, 2.75) is 114 Å². The van der Waals surface area contributed by atoms with Gasteiger partial charge in [-0.2, -0.15) is 0 Å². The van der Waals surface area contributed by atoms with Crippen LogP contribution < -0.4 is 0 Å². The van der Waals surface area contributed by atoms with E-state index in [0.29, 0.717) is 48.2 Å². The van der Waals surface area contributed by atoms with Crippen molar-refractivity contribution in [2.75, 3.05) is 6.61 Å². The van der Waals surface area contributed by atoms with E-state index in [1.54, 1.807) is 6.07 Å². The predicted molar refractivity (Wildman–Crippen MR) is 197 cm³/mol. The molecule has 7 rings (SSSR count). The smallest absolute Gasteiger partial charge is 0.127 e. The zero-order chi connectivity index (χ0) is 32.8. The van der Waals surface area contributed by atoms with Gasteiger partial charge >= 0.3 is 0 Å². The molecule has 5 aliphatic carbocycles. The Hall–Kier alpha value is -2.27. The molecule has 2 nitrogen and oxygen atoms in total. The molecule has 0 amide bonds. The van der Waals surface area contributed by atoms with E-state index in [9.17, 15) is 0 Å². The highest BCUT2D eigenvalue weighted by Crippen LogP contribution is 2.67. The molecule has 11 unspecified atom stereocenters. The molecule has 6 aliphatic rings. The standard InChI is InChI=1S/C43H58FNOSi/c1-30-22-24-38-36(28-30)40-41(45(38)29-32-17-9-13-21-37(32)44)34-19-11-12-20-35(34)42(40)47(5,27-15-7-6-14-26-46-43(2,3)4)39-25-23-31-16-8-10-18-33(31)39/h8-13,16-22,24,28,31,33-36,38-42H,6-7,14-15,23,25-27,29H2,1-5H3. The summed E-state index contributed by atoms with van der Waals surface area (Å²) in [7, 11) is -1.87. The molecule has 4 heteroatoms. The van der Waals surface area contributed by atoms with Crippen LogP contribution in [0.4, 0.5) is 4.39 Å². The summed E-state index contributed by atoms with van der Waals surface area (Å²) in [5.41, 5.74) is 3.74. The first-order chi connectivity index (χ1) is 22.7. The van der Waals surface area contributed by atoms with E-state index >= 15 is 4.39 Å². The lowest BCUT2D eigenvalue weighted by molar-refractivity contribution is -0.00471. The van der Waals surface area contributed by atoms with Gasteiger partial charge < -0.3 is 4.74 Å². The van der Waals surface area contributed by atoms with Gasteiger partial charge in [-0.1, -0.05) is 129 Å². The van der Waals surface area contributed by atoms with Gasteiger partial charge in [0, 0.05) is 36.7 Å². The van der Waals surface area contributed by atoms with Crippen LogP contribution in [0.5, 0.6) is 0 Å². The van der Waals surface area contributed by atoms with Crippen LogP contribution in [0.15, 0.2) is 96.7 Å². The van der Waals surface area contributed by atoms with Gasteiger partial charge in [0.2, 0.25) is 0 Å². The molecule has 1 aromatic rings. The fourth-order valence-electron chi connectivity index (χ4n) is 11.3. The number of fused-ring (bicyclic) bond motifs is 6. The lowest BCUT2D eigenvalue weighted by Crippen LogP contribution is -2.48. The van der Waals surface area contributed by atoms with Gasteiger partial charge in [0.15, 0.2) is 0 Å². The minimum absolute atomic E-state index is 0.0512. The van der Waals surface area contributed by atoms with Crippen molar-refractivity contribution in [1.29, 1.82) is 0 Å². The molecule has 1 heterocycles. The maximum absolute atomic E-state index is 15.2. The van der Waals surface area contributed by atoms with Crippen molar-refractivity contribution in [1.82, 2.24) is 4.90 Å². The first-order valence-corrected chi connectivity index (χ1v) is 21.7. The summed E-state index contributed by atoms with van der Waals surface area (Å²) in [6.45, 7) is 13.2. The molecule has 1 saturated heterocycles. The van der Waals surface area contributed by atoms with Crippen LogP contribution in [0, 0.1) is 41.3 Å². The van der Waals surface area contributed by atoms with Crippen LogP contribution in [0.1, 0.15) is 71.8 Å². The number of benzene rings is 1. The molecule has 0 spiro atoms. The maximum atomic E-state index is 15.2. The van der Waals surface area contributed by atoms with E-state index < -0.39 is 8.07 Å². The van der Waals surface area contributed by atoms with E-state index in [2.05, 4.69) is 106 Å². The Morgan fingerprint density at radius 1 is 0.851 bits per heavy atom. The van der Waals surface area contributed by atoms with Crippen molar-refractivity contribution in [3.8, 4) is 0 Å². The van der Waals surface area contributed by atoms with Gasteiger partial charge in [0.05, 0.1) is 13.7 Å². The van der Waals surface area contributed by atoms with Crippen LogP contribution in [0.25, 0.3) is 0 Å². The molecule has 1 aromatic carbocycles. The Morgan fingerprint density at radius 3 is 2.36 bits per heavy atom. The number of hydrogen-bond acceptors (Lipinski definition) is 2. The summed E-state index contributed by atoms with van der Waals surface area (Å²) in [4.78, 5) is 2.75. The van der Waals surface area contributed by atoms with E-state index in [-0.39, 0.29) is 11.4 Å². The second-order valence-corrected chi connectivity index (χ2v) is 21.9. The Balaban J connectivity index is 1.23. The van der Waals surface area contributed by atoms with E-state index in [1.165, 1.54) is 43.7 Å². The topological polar surface area (TPSA) is 12.5 Å². The number of rotatable bonds is 11. The number of nitrogens with zero attached hydrogens (tertiary/aromatic N) is 1. The van der Waals surface area contributed by atoms with E-state index in [4.69, 9.17) is 4.74 Å². The lowest BCUT2D eigenvalue weighted by atomic mass is 9.82. The Morgan fingerprint density at radius 2 is 1.57 bits per heavy atom. The molecule has 252 valence electrons. The molecule has 2 saturated carbocycles. The number of likely N-dealkylation sites (tertiary alicyclic amines) is 1. The van der Waals surface area contributed by atoms with Crippen molar-refractivity contribution < 1.29 is 9.13 Å². The number of unbranched alkanes of at least 4 members (excludes halogenated alkanes) is 3. The second kappa shape index (κ2) is 13.6. The molecule has 0 aromatic heterocycles. The van der Waals surface area contributed by atoms with Crippen LogP contribution in [0.3, 0.4) is 0 Å². The van der Waals surface area contributed by atoms with Crippen molar-refractivity contribution in [3.63, 3.8) is 0 Å². The minimum Gasteiger partial charge on any atom is -0.376 e. The average Bonchev–Trinajstić information content (AvgIpc) is 3.72. The Kier molecular flexibility index (Phi) is 9.59. The summed E-state index contributed by atoms with van der Waals surface area (Å²) in [5, 5.41) is 0. The summed E-state index contributed by atoms with van der Waals surface area (Å²) < 4.78 is 21.3. The first kappa shape index (κ1) is 33.2. The van der Waals surface area contributed by atoms with Crippen LogP contribution in [-0.2, 0) is 11.3 Å². The van der Waals surface area contributed by atoms with Gasteiger partial charge in [-0.3, -0.25) is 4.90 Å². The highest BCUT2D eigenvalue weighted by atomic mass is 28.3. The molecule has 0 bridgehead atoms. The SMILES string of the molecule is CC1=CC2C3C(C4C=CC=CC4C3[Si](C)(CCCCCCOC(C)(C)C)C3CCC4C=CC=CC43)N(Cc3ccccc3F)C2C=C1. The molecule has 0 radical (unpaired) electrons. The molecule has 11 atom stereocenters. The van der Waals surface area contributed by atoms with E-state index in [1.807, 2.05) is 18.2 Å². The summed E-state index contributed by atoms with van der Waals surface area (Å²) in [6.07, 6.45) is 34.9. The summed E-state index contributed by atoms with van der Waals surface area (Å²) >= 11 is 0. The molecular formula is C43H58FNOSi. The average molecular weight is 652 g/mol. The summed E-state index contributed by atoms with van der Waals surface area (Å²) in [5.74, 6) is 3.53. The first-order valence-electron chi connectivity index (χ1n) is 18.9. The molecule has 0 N–H and O–H groups in total. The summed E-state index contributed by atoms with van der Waals surface area (Å²) in [6, 6.07) is 9.70. The molecule has 47 heavy (non-hydrogen) atoms. The van der Waals surface area contributed by atoms with Gasteiger partial charge in [-0.25, -0.2) is 4.39 Å². The van der Waals surface area contributed by atoms with Crippen LogP contribution in [-0.4, -0.2) is 37.3 Å². The van der Waals surface area contributed by atoms with Gasteiger partial charge in [-0.05, 0) is 87.3 Å². The number of halogens is 1.